The van der Waals surface area contributed by atoms with Gasteiger partial charge >= 0.3 is 0 Å². The predicted molar refractivity (Wildman–Crippen MR) is 109 cm³/mol. The van der Waals surface area contributed by atoms with E-state index in [4.69, 9.17) is 23.2 Å². The maximum atomic E-state index is 12.9. The molecule has 138 valence electrons. The van der Waals surface area contributed by atoms with Crippen LogP contribution in [0.1, 0.15) is 10.5 Å². The number of halogens is 2. The lowest BCUT2D eigenvalue weighted by molar-refractivity contribution is 0.0982. The van der Waals surface area contributed by atoms with Crippen LogP contribution in [-0.4, -0.2) is 27.2 Å². The van der Waals surface area contributed by atoms with Crippen molar-refractivity contribution < 1.29 is 4.79 Å². The van der Waals surface area contributed by atoms with Crippen LogP contribution < -0.4 is 10.5 Å². The maximum Gasteiger partial charge on any atom is 0.280 e. The average Bonchev–Trinajstić information content (AvgIpc) is 3.13. The molecule has 0 aliphatic carbocycles. The third-order valence-corrected chi connectivity index (χ3v) is 5.28. The smallest absolute Gasteiger partial charge is 0.279 e. The van der Waals surface area contributed by atoms with Crippen molar-refractivity contribution >= 4 is 45.6 Å². The highest BCUT2D eigenvalue weighted by Gasteiger charge is 2.22. The number of carbonyl (C=O) groups is 1. The summed E-state index contributed by atoms with van der Waals surface area (Å²) in [5, 5.41) is 7.21. The van der Waals surface area contributed by atoms with Gasteiger partial charge in [-0.25, -0.2) is 9.67 Å². The van der Waals surface area contributed by atoms with Gasteiger partial charge in [0.1, 0.15) is 5.69 Å². The number of thiazole rings is 1. The number of aromatic nitrogens is 3. The van der Waals surface area contributed by atoms with Crippen molar-refractivity contribution in [1.29, 1.82) is 0 Å². The minimum Gasteiger partial charge on any atom is -0.279 e. The fraction of sp³-hybridized carbons (Fsp3) is 0.111. The summed E-state index contributed by atoms with van der Waals surface area (Å²) in [6, 6.07) is 7.92. The van der Waals surface area contributed by atoms with Crippen LogP contribution in [0.4, 0.5) is 5.13 Å². The van der Waals surface area contributed by atoms with E-state index in [9.17, 15) is 9.59 Å². The minimum absolute atomic E-state index is 0.144. The summed E-state index contributed by atoms with van der Waals surface area (Å²) in [5.41, 5.74) is 1.31. The van der Waals surface area contributed by atoms with Crippen molar-refractivity contribution in [3.8, 4) is 11.3 Å². The van der Waals surface area contributed by atoms with E-state index in [-0.39, 0.29) is 23.7 Å². The van der Waals surface area contributed by atoms with E-state index in [2.05, 4.69) is 16.7 Å². The van der Waals surface area contributed by atoms with Gasteiger partial charge in [-0.3, -0.25) is 14.5 Å². The molecule has 0 aliphatic rings. The van der Waals surface area contributed by atoms with Crippen LogP contribution in [0.25, 0.3) is 11.3 Å². The molecule has 3 aromatic rings. The Morgan fingerprint density at radius 2 is 2.07 bits per heavy atom. The van der Waals surface area contributed by atoms with E-state index in [0.29, 0.717) is 20.9 Å². The Bertz CT molecular complexity index is 1080. The van der Waals surface area contributed by atoms with Crippen LogP contribution in [0.2, 0.25) is 10.0 Å². The van der Waals surface area contributed by atoms with Gasteiger partial charge in [0.05, 0.1) is 15.7 Å². The first-order chi connectivity index (χ1) is 12.9. The minimum atomic E-state index is -0.375. The van der Waals surface area contributed by atoms with Gasteiger partial charge in [-0.05, 0) is 18.2 Å². The summed E-state index contributed by atoms with van der Waals surface area (Å²) in [5.74, 6) is -0.375. The molecule has 0 aliphatic heterocycles. The summed E-state index contributed by atoms with van der Waals surface area (Å²) >= 11 is 13.3. The van der Waals surface area contributed by atoms with Gasteiger partial charge in [-0.15, -0.1) is 17.9 Å². The van der Waals surface area contributed by atoms with Gasteiger partial charge in [-0.2, -0.15) is 5.10 Å². The highest BCUT2D eigenvalue weighted by Crippen LogP contribution is 2.32. The van der Waals surface area contributed by atoms with Crippen LogP contribution in [0.5, 0.6) is 0 Å². The molecular formula is C18H14Cl2N4O2S. The lowest BCUT2D eigenvalue weighted by Gasteiger charge is -2.17. The number of aryl methyl sites for hydroxylation is 1. The molecule has 1 aromatic carbocycles. The van der Waals surface area contributed by atoms with Gasteiger partial charge < -0.3 is 0 Å². The van der Waals surface area contributed by atoms with E-state index < -0.39 is 0 Å². The van der Waals surface area contributed by atoms with Crippen LogP contribution in [-0.2, 0) is 7.05 Å². The van der Waals surface area contributed by atoms with Crippen molar-refractivity contribution in [2.75, 3.05) is 11.4 Å². The Kier molecular flexibility index (Phi) is 5.74. The monoisotopic (exact) mass is 420 g/mol. The normalized spacial score (nSPS) is 10.6. The highest BCUT2D eigenvalue weighted by atomic mass is 35.5. The lowest BCUT2D eigenvalue weighted by Crippen LogP contribution is -2.33. The van der Waals surface area contributed by atoms with Gasteiger partial charge in [0.25, 0.3) is 11.5 Å². The topological polar surface area (TPSA) is 68.1 Å². The average molecular weight is 421 g/mol. The van der Waals surface area contributed by atoms with E-state index in [1.54, 1.807) is 24.3 Å². The van der Waals surface area contributed by atoms with Gasteiger partial charge in [-0.1, -0.05) is 35.3 Å². The molecule has 2 aromatic heterocycles. The largest absolute Gasteiger partial charge is 0.280 e. The van der Waals surface area contributed by atoms with Crippen molar-refractivity contribution in [3.63, 3.8) is 0 Å². The Morgan fingerprint density at radius 1 is 1.30 bits per heavy atom. The standard InChI is InChI=1S/C18H14Cl2N4O2S/c1-3-8-24(17(26)14-6-7-16(25)23(2)22-14)18-21-15(10-27-18)11-4-5-12(19)13(20)9-11/h3-7,9-10H,1,8H2,2H3. The molecule has 0 saturated heterocycles. The molecule has 0 unspecified atom stereocenters. The number of nitrogens with zero attached hydrogens (tertiary/aromatic N) is 4. The third kappa shape index (κ3) is 4.10. The molecule has 9 heteroatoms. The first-order valence-corrected chi connectivity index (χ1v) is 9.42. The van der Waals surface area contributed by atoms with Crippen molar-refractivity contribution in [1.82, 2.24) is 14.8 Å². The molecule has 6 nitrogen and oxygen atoms in total. The molecular weight excluding hydrogens is 407 g/mol. The van der Waals surface area contributed by atoms with Crippen LogP contribution in [0.15, 0.2) is 53.2 Å². The number of hydrogen-bond donors (Lipinski definition) is 0. The molecule has 2 heterocycles. The second-order valence-electron chi connectivity index (χ2n) is 5.53. The summed E-state index contributed by atoms with van der Waals surface area (Å²) in [4.78, 5) is 30.4. The van der Waals surface area contributed by atoms with Gasteiger partial charge in [0.2, 0.25) is 0 Å². The zero-order valence-electron chi connectivity index (χ0n) is 14.2. The summed E-state index contributed by atoms with van der Waals surface area (Å²) in [7, 11) is 1.49. The summed E-state index contributed by atoms with van der Waals surface area (Å²) in [6.07, 6.45) is 1.60. The highest BCUT2D eigenvalue weighted by molar-refractivity contribution is 7.14. The van der Waals surface area contributed by atoms with Crippen molar-refractivity contribution in [3.05, 3.63) is 74.5 Å². The van der Waals surface area contributed by atoms with Crippen molar-refractivity contribution in [2.45, 2.75) is 0 Å². The van der Waals surface area contributed by atoms with E-state index in [0.717, 1.165) is 10.2 Å². The summed E-state index contributed by atoms with van der Waals surface area (Å²) in [6.45, 7) is 3.94. The molecule has 0 atom stereocenters. The number of amides is 1. The van der Waals surface area contributed by atoms with Gasteiger partial charge in [0.15, 0.2) is 5.13 Å². The molecule has 0 N–H and O–H groups in total. The number of hydrogen-bond acceptors (Lipinski definition) is 5. The third-order valence-electron chi connectivity index (χ3n) is 3.67. The summed E-state index contributed by atoms with van der Waals surface area (Å²) < 4.78 is 1.11. The van der Waals surface area contributed by atoms with Crippen molar-refractivity contribution in [2.24, 2.45) is 7.05 Å². The number of benzene rings is 1. The molecule has 0 saturated carbocycles. The molecule has 1 amide bonds. The number of anilines is 1. The number of rotatable bonds is 5. The second-order valence-corrected chi connectivity index (χ2v) is 7.18. The lowest BCUT2D eigenvalue weighted by atomic mass is 10.2. The SMILES string of the molecule is C=CCN(C(=O)c1ccc(=O)n(C)n1)c1nc(-c2ccc(Cl)c(Cl)c2)cs1. The molecule has 27 heavy (non-hydrogen) atoms. The fourth-order valence-corrected chi connectivity index (χ4v) is 3.45. The second kappa shape index (κ2) is 8.04. The zero-order chi connectivity index (χ0) is 19.6. The molecule has 0 fully saturated rings. The zero-order valence-corrected chi connectivity index (χ0v) is 16.6. The Hall–Kier alpha value is -2.48. The fourth-order valence-electron chi connectivity index (χ4n) is 2.31. The molecule has 0 radical (unpaired) electrons. The predicted octanol–water partition coefficient (Wildman–Crippen LogP) is 4.04. The van der Waals surface area contributed by atoms with E-state index >= 15 is 0 Å². The quantitative estimate of drug-likeness (QED) is 0.583. The van der Waals surface area contributed by atoms with Crippen LogP contribution >= 0.6 is 34.5 Å². The van der Waals surface area contributed by atoms with Crippen LogP contribution in [0.3, 0.4) is 0 Å². The Morgan fingerprint density at radius 3 is 2.74 bits per heavy atom. The molecule has 0 spiro atoms. The maximum absolute atomic E-state index is 12.9. The molecule has 3 rings (SSSR count). The van der Waals surface area contributed by atoms with E-state index in [1.807, 2.05) is 5.38 Å². The van der Waals surface area contributed by atoms with Gasteiger partial charge in [0, 0.05) is 30.6 Å². The molecule has 0 bridgehead atoms. The van der Waals surface area contributed by atoms with E-state index in [1.165, 1.54) is 35.4 Å². The Balaban J connectivity index is 1.95. The first-order valence-electron chi connectivity index (χ1n) is 7.79. The first kappa shape index (κ1) is 19.3. The Labute approximate surface area is 169 Å². The van der Waals surface area contributed by atoms with Crippen LogP contribution in [0, 0.1) is 0 Å². The number of carbonyl (C=O) groups excluding carboxylic acids is 1.